The summed E-state index contributed by atoms with van der Waals surface area (Å²) in [5.74, 6) is -1.24. The van der Waals surface area contributed by atoms with E-state index in [0.717, 1.165) is 0 Å². The van der Waals surface area contributed by atoms with Crippen LogP contribution in [0.15, 0.2) is 46.0 Å². The normalized spacial score (nSPS) is 12.1. The van der Waals surface area contributed by atoms with Gasteiger partial charge in [-0.05, 0) is 19.9 Å². The monoisotopic (exact) mass is 279 g/mol. The van der Waals surface area contributed by atoms with E-state index in [1.165, 1.54) is 25.1 Å². The number of para-hydroxylation sites is 1. The highest BCUT2D eigenvalue weighted by molar-refractivity contribution is 5.88. The van der Waals surface area contributed by atoms with Crippen molar-refractivity contribution in [3.63, 3.8) is 0 Å². The summed E-state index contributed by atoms with van der Waals surface area (Å²) >= 11 is 0. The second-order valence-corrected chi connectivity index (χ2v) is 3.60. The zero-order chi connectivity index (χ0) is 15.1. The number of allylic oxidation sites excluding steroid dienone is 1. The summed E-state index contributed by atoms with van der Waals surface area (Å²) in [6, 6.07) is 5.66. The van der Waals surface area contributed by atoms with E-state index in [2.05, 4.69) is 15.0 Å². The summed E-state index contributed by atoms with van der Waals surface area (Å²) < 4.78 is 4.69. The highest BCUT2D eigenvalue weighted by atomic mass is 16.6. The molecule has 0 atom stereocenters. The molecule has 0 aliphatic rings. The summed E-state index contributed by atoms with van der Waals surface area (Å²) in [7, 11) is 0. The summed E-state index contributed by atoms with van der Waals surface area (Å²) in [5, 5.41) is 27.3. The third-order valence-electron chi connectivity index (χ3n) is 2.15. The van der Waals surface area contributed by atoms with Gasteiger partial charge in [0.2, 0.25) is 5.70 Å². The fourth-order valence-electron chi connectivity index (χ4n) is 1.27. The van der Waals surface area contributed by atoms with E-state index in [1.54, 1.807) is 13.0 Å². The highest BCUT2D eigenvalue weighted by Gasteiger charge is 2.16. The lowest BCUT2D eigenvalue weighted by Crippen LogP contribution is -2.07. The van der Waals surface area contributed by atoms with Gasteiger partial charge in [-0.2, -0.15) is 0 Å². The Morgan fingerprint density at radius 1 is 1.45 bits per heavy atom. The number of benzene rings is 1. The van der Waals surface area contributed by atoms with E-state index in [-0.39, 0.29) is 23.7 Å². The molecule has 0 fully saturated rings. The minimum atomic E-state index is -0.852. The van der Waals surface area contributed by atoms with Gasteiger partial charge in [-0.1, -0.05) is 12.1 Å². The molecule has 0 saturated carbocycles. The molecule has 0 aliphatic heterocycles. The van der Waals surface area contributed by atoms with Gasteiger partial charge in [-0.3, -0.25) is 10.1 Å². The molecule has 0 saturated heterocycles. The SMILES string of the molecule is CCOC(=O)/C(N=Nc1ccccc1[N+](=O)[O-])=C(\C)O. The molecule has 20 heavy (non-hydrogen) atoms. The van der Waals surface area contributed by atoms with Gasteiger partial charge >= 0.3 is 5.97 Å². The molecule has 1 rings (SSSR count). The summed E-state index contributed by atoms with van der Waals surface area (Å²) in [6.07, 6.45) is 0. The molecular formula is C12H13N3O5. The lowest BCUT2D eigenvalue weighted by atomic mass is 10.3. The standard InChI is InChI=1S/C12H13N3O5/c1-3-20-12(17)11(8(2)16)14-13-9-6-4-5-7-10(9)15(18)19/h4-7,16H,3H2,1-2H3/b11-8-,14-13?. The quantitative estimate of drug-likeness (QED) is 0.222. The smallest absolute Gasteiger partial charge is 0.362 e. The third-order valence-corrected chi connectivity index (χ3v) is 2.15. The van der Waals surface area contributed by atoms with E-state index < -0.39 is 16.6 Å². The van der Waals surface area contributed by atoms with Crippen LogP contribution in [0, 0.1) is 10.1 Å². The van der Waals surface area contributed by atoms with E-state index >= 15 is 0 Å². The number of esters is 1. The fraction of sp³-hybridized carbons (Fsp3) is 0.250. The first-order chi connectivity index (χ1) is 9.47. The fourth-order valence-corrected chi connectivity index (χ4v) is 1.27. The molecule has 1 N–H and O–H groups in total. The number of hydrogen-bond donors (Lipinski definition) is 1. The molecule has 0 heterocycles. The van der Waals surface area contributed by atoms with Crippen molar-refractivity contribution in [2.45, 2.75) is 13.8 Å². The number of ether oxygens (including phenoxy) is 1. The minimum absolute atomic E-state index is 0.0273. The molecule has 0 unspecified atom stereocenters. The molecule has 0 spiro atoms. The van der Waals surface area contributed by atoms with E-state index in [1.807, 2.05) is 0 Å². The van der Waals surface area contributed by atoms with Crippen molar-refractivity contribution in [2.75, 3.05) is 6.61 Å². The topological polar surface area (TPSA) is 114 Å². The van der Waals surface area contributed by atoms with Gasteiger partial charge in [0.25, 0.3) is 5.69 Å². The van der Waals surface area contributed by atoms with Crippen LogP contribution in [0.5, 0.6) is 0 Å². The molecular weight excluding hydrogens is 266 g/mol. The molecule has 0 bridgehead atoms. The Labute approximate surface area is 114 Å². The maximum atomic E-state index is 11.5. The number of carbonyl (C=O) groups excluding carboxylic acids is 1. The lowest BCUT2D eigenvalue weighted by molar-refractivity contribution is -0.384. The molecule has 1 aromatic carbocycles. The van der Waals surface area contributed by atoms with Crippen molar-refractivity contribution in [1.82, 2.24) is 0 Å². The van der Waals surface area contributed by atoms with Gasteiger partial charge in [0.1, 0.15) is 5.76 Å². The number of nitro benzene ring substituents is 1. The molecule has 0 aromatic heterocycles. The predicted octanol–water partition coefficient (Wildman–Crippen LogP) is 3.03. The van der Waals surface area contributed by atoms with Crippen LogP contribution in [0.1, 0.15) is 13.8 Å². The Kier molecular flexibility index (Phi) is 5.33. The molecule has 8 heteroatoms. The first kappa shape index (κ1) is 15.3. The first-order valence-corrected chi connectivity index (χ1v) is 5.69. The van der Waals surface area contributed by atoms with Crippen LogP contribution in [0.3, 0.4) is 0 Å². The van der Waals surface area contributed by atoms with E-state index in [9.17, 15) is 20.0 Å². The second kappa shape index (κ2) is 6.98. The van der Waals surface area contributed by atoms with Crippen molar-refractivity contribution in [3.05, 3.63) is 45.8 Å². The van der Waals surface area contributed by atoms with Crippen LogP contribution >= 0.6 is 0 Å². The van der Waals surface area contributed by atoms with Gasteiger partial charge in [0.15, 0.2) is 5.69 Å². The first-order valence-electron chi connectivity index (χ1n) is 5.69. The zero-order valence-corrected chi connectivity index (χ0v) is 10.9. The third kappa shape index (κ3) is 3.87. The molecule has 106 valence electrons. The van der Waals surface area contributed by atoms with Crippen LogP contribution in [-0.4, -0.2) is 22.6 Å². The van der Waals surface area contributed by atoms with Crippen molar-refractivity contribution in [3.8, 4) is 0 Å². The lowest BCUT2D eigenvalue weighted by Gasteiger charge is -2.02. The number of azo groups is 1. The molecule has 8 nitrogen and oxygen atoms in total. The van der Waals surface area contributed by atoms with E-state index in [4.69, 9.17) is 0 Å². The van der Waals surface area contributed by atoms with Crippen LogP contribution < -0.4 is 0 Å². The summed E-state index contributed by atoms with van der Waals surface area (Å²) in [6.45, 7) is 2.95. The number of nitrogens with zero attached hydrogens (tertiary/aromatic N) is 3. The van der Waals surface area contributed by atoms with Crippen LogP contribution in [0.4, 0.5) is 11.4 Å². The van der Waals surface area contributed by atoms with Crippen molar-refractivity contribution < 1.29 is 19.6 Å². The number of nitro groups is 1. The maximum Gasteiger partial charge on any atom is 0.362 e. The summed E-state index contributed by atoms with van der Waals surface area (Å²) in [4.78, 5) is 21.7. The molecule has 0 radical (unpaired) electrons. The van der Waals surface area contributed by atoms with Gasteiger partial charge < -0.3 is 9.84 Å². The van der Waals surface area contributed by atoms with Gasteiger partial charge in [0, 0.05) is 6.07 Å². The number of carbonyl (C=O) groups is 1. The number of hydrogen-bond acceptors (Lipinski definition) is 7. The van der Waals surface area contributed by atoms with Crippen molar-refractivity contribution >= 4 is 17.3 Å². The molecule has 0 amide bonds. The predicted molar refractivity (Wildman–Crippen MR) is 69.6 cm³/mol. The van der Waals surface area contributed by atoms with Gasteiger partial charge in [-0.15, -0.1) is 10.2 Å². The van der Waals surface area contributed by atoms with Crippen LogP contribution in [0.2, 0.25) is 0 Å². The molecule has 0 aliphatic carbocycles. The summed E-state index contributed by atoms with van der Waals surface area (Å²) in [5.41, 5.74) is -0.680. The molecule has 1 aromatic rings. The van der Waals surface area contributed by atoms with Crippen molar-refractivity contribution in [2.24, 2.45) is 10.2 Å². The van der Waals surface area contributed by atoms with Gasteiger partial charge in [0.05, 0.1) is 11.5 Å². The Morgan fingerprint density at radius 3 is 2.65 bits per heavy atom. The average Bonchev–Trinajstić information content (AvgIpc) is 2.39. The Bertz CT molecular complexity index is 576. The second-order valence-electron chi connectivity index (χ2n) is 3.60. The van der Waals surface area contributed by atoms with E-state index in [0.29, 0.717) is 0 Å². The largest absolute Gasteiger partial charge is 0.510 e. The Hall–Kier alpha value is -2.77. The Balaban J connectivity index is 3.10. The minimum Gasteiger partial charge on any atom is -0.510 e. The van der Waals surface area contributed by atoms with Gasteiger partial charge in [-0.25, -0.2) is 4.79 Å². The highest BCUT2D eigenvalue weighted by Crippen LogP contribution is 2.27. The maximum absolute atomic E-state index is 11.5. The van der Waals surface area contributed by atoms with Crippen molar-refractivity contribution in [1.29, 1.82) is 0 Å². The number of rotatable bonds is 5. The van der Waals surface area contributed by atoms with Crippen LogP contribution in [-0.2, 0) is 9.53 Å². The van der Waals surface area contributed by atoms with Crippen LogP contribution in [0.25, 0.3) is 0 Å². The zero-order valence-electron chi connectivity index (χ0n) is 10.9. The number of aliphatic hydroxyl groups excluding tert-OH is 1. The average molecular weight is 279 g/mol. The Morgan fingerprint density at radius 2 is 2.10 bits per heavy atom. The number of aliphatic hydroxyl groups is 1.